The zero-order valence-electron chi connectivity index (χ0n) is 14.1. The van der Waals surface area contributed by atoms with E-state index in [0.29, 0.717) is 6.54 Å². The first kappa shape index (κ1) is 17.3. The van der Waals surface area contributed by atoms with Crippen molar-refractivity contribution in [3.8, 4) is 0 Å². The second-order valence-corrected chi connectivity index (χ2v) is 7.83. The van der Waals surface area contributed by atoms with E-state index >= 15 is 0 Å². The van der Waals surface area contributed by atoms with Crippen LogP contribution in [0.5, 0.6) is 0 Å². The normalized spacial score (nSPS) is 21.7. The molecular weight excluding hydrogens is 374 g/mol. The summed E-state index contributed by atoms with van der Waals surface area (Å²) in [6.07, 6.45) is 4.64. The van der Waals surface area contributed by atoms with Gasteiger partial charge in [0.2, 0.25) is 5.28 Å². The van der Waals surface area contributed by atoms with Crippen molar-refractivity contribution in [2.75, 3.05) is 23.3 Å². The number of nitrogens with two attached hydrogens (primary N) is 1. The van der Waals surface area contributed by atoms with Crippen LogP contribution in [0.1, 0.15) is 29.5 Å². The van der Waals surface area contributed by atoms with Crippen molar-refractivity contribution in [3.05, 3.63) is 29.1 Å². The van der Waals surface area contributed by atoms with E-state index in [2.05, 4.69) is 25.3 Å². The van der Waals surface area contributed by atoms with Gasteiger partial charge in [-0.1, -0.05) is 0 Å². The van der Waals surface area contributed by atoms with E-state index in [1.807, 2.05) is 6.92 Å². The van der Waals surface area contributed by atoms with E-state index < -0.39 is 0 Å². The summed E-state index contributed by atoms with van der Waals surface area (Å²) in [6.45, 7) is 2.55. The molecule has 10 heteroatoms. The van der Waals surface area contributed by atoms with E-state index in [-0.39, 0.29) is 34.8 Å². The monoisotopic (exact) mass is 391 g/mol. The number of rotatable bonds is 3. The number of hydrogen-bond donors (Lipinski definition) is 2. The van der Waals surface area contributed by atoms with Crippen molar-refractivity contribution >= 4 is 40.9 Å². The van der Waals surface area contributed by atoms with Gasteiger partial charge in [0.15, 0.2) is 11.5 Å². The molecule has 0 saturated carbocycles. The van der Waals surface area contributed by atoms with Crippen LogP contribution in [0.3, 0.4) is 0 Å². The highest BCUT2D eigenvalue weighted by Gasteiger charge is 2.35. The summed E-state index contributed by atoms with van der Waals surface area (Å²) in [6, 6.07) is 0.127. The molecule has 0 bridgehead atoms. The van der Waals surface area contributed by atoms with Crippen LogP contribution in [-0.2, 0) is 6.42 Å². The first-order chi connectivity index (χ1) is 12.5. The molecule has 136 valence electrons. The van der Waals surface area contributed by atoms with Crippen molar-refractivity contribution in [1.29, 1.82) is 0 Å². The van der Waals surface area contributed by atoms with Gasteiger partial charge in [-0.3, -0.25) is 4.79 Å². The number of hydrogen-bond acceptors (Lipinski definition) is 8. The number of nitrogen functional groups attached to an aromatic ring is 1. The van der Waals surface area contributed by atoms with Crippen LogP contribution >= 0.6 is 23.4 Å². The number of nitrogens with zero attached hydrogens (tertiary/aromatic N) is 5. The van der Waals surface area contributed by atoms with Crippen LogP contribution in [0.2, 0.25) is 5.28 Å². The average Bonchev–Trinajstić information content (AvgIpc) is 3.21. The predicted molar refractivity (Wildman–Crippen MR) is 100 cm³/mol. The van der Waals surface area contributed by atoms with Crippen LogP contribution in [0, 0.1) is 0 Å². The fourth-order valence-electron chi connectivity index (χ4n) is 3.40. The van der Waals surface area contributed by atoms with E-state index in [0.717, 1.165) is 35.0 Å². The molecule has 2 unspecified atom stereocenters. The van der Waals surface area contributed by atoms with Gasteiger partial charge in [-0.15, -0.1) is 11.8 Å². The summed E-state index contributed by atoms with van der Waals surface area (Å²) in [5.41, 5.74) is 6.99. The number of thioether (sulfide) groups is 1. The van der Waals surface area contributed by atoms with Gasteiger partial charge in [0, 0.05) is 43.2 Å². The lowest BCUT2D eigenvalue weighted by atomic mass is 10.2. The van der Waals surface area contributed by atoms with E-state index in [4.69, 9.17) is 17.3 Å². The fraction of sp³-hybridized carbons (Fsp3) is 0.438. The molecule has 0 aliphatic carbocycles. The minimum atomic E-state index is -0.201. The number of amides is 1. The van der Waals surface area contributed by atoms with Gasteiger partial charge in [0.05, 0.1) is 10.6 Å². The summed E-state index contributed by atoms with van der Waals surface area (Å²) < 4.78 is 0. The Kier molecular flexibility index (Phi) is 4.58. The van der Waals surface area contributed by atoms with Crippen molar-refractivity contribution < 1.29 is 4.79 Å². The highest BCUT2D eigenvalue weighted by atomic mass is 35.5. The summed E-state index contributed by atoms with van der Waals surface area (Å²) in [4.78, 5) is 32.3. The first-order valence-corrected chi connectivity index (χ1v) is 9.72. The van der Waals surface area contributed by atoms with Crippen molar-refractivity contribution in [2.45, 2.75) is 36.7 Å². The summed E-state index contributed by atoms with van der Waals surface area (Å²) in [7, 11) is 0. The van der Waals surface area contributed by atoms with Crippen LogP contribution < -0.4 is 11.1 Å². The molecular formula is C16H18ClN7OS. The van der Waals surface area contributed by atoms with Gasteiger partial charge >= 0.3 is 0 Å². The van der Waals surface area contributed by atoms with Gasteiger partial charge in [-0.2, -0.15) is 4.98 Å². The van der Waals surface area contributed by atoms with Crippen molar-refractivity contribution in [2.24, 2.45) is 0 Å². The Labute approximate surface area is 160 Å². The third kappa shape index (κ3) is 3.16. The maximum Gasteiger partial charge on any atom is 0.276 e. The molecule has 2 aliphatic heterocycles. The molecule has 0 radical (unpaired) electrons. The van der Waals surface area contributed by atoms with Crippen molar-refractivity contribution in [1.82, 2.24) is 24.8 Å². The average molecular weight is 392 g/mol. The first-order valence-electron chi connectivity index (χ1n) is 8.36. The van der Waals surface area contributed by atoms with Gasteiger partial charge < -0.3 is 16.0 Å². The molecule has 2 aromatic heterocycles. The molecule has 3 N–H and O–H groups in total. The molecule has 26 heavy (non-hydrogen) atoms. The highest BCUT2D eigenvalue weighted by Crippen LogP contribution is 2.37. The number of nitrogens with one attached hydrogen (secondary N) is 1. The van der Waals surface area contributed by atoms with Crippen LogP contribution in [0.15, 0.2) is 17.3 Å². The smallest absolute Gasteiger partial charge is 0.276 e. The largest absolute Gasteiger partial charge is 0.382 e. The lowest BCUT2D eigenvalue weighted by Crippen LogP contribution is -2.36. The molecule has 8 nitrogen and oxygen atoms in total. The van der Waals surface area contributed by atoms with Crippen LogP contribution in [0.4, 0.5) is 11.6 Å². The Morgan fingerprint density at radius 2 is 2.19 bits per heavy atom. The Morgan fingerprint density at radius 1 is 1.38 bits per heavy atom. The molecule has 2 aromatic rings. The molecule has 4 rings (SSSR count). The Morgan fingerprint density at radius 3 is 3.00 bits per heavy atom. The lowest BCUT2D eigenvalue weighted by Gasteiger charge is -2.21. The van der Waals surface area contributed by atoms with E-state index in [1.54, 1.807) is 16.7 Å². The molecule has 1 saturated heterocycles. The topological polar surface area (TPSA) is 110 Å². The Hall–Kier alpha value is -2.13. The number of carbonyl (C=O) groups is 1. The van der Waals surface area contributed by atoms with Crippen LogP contribution in [0.25, 0.3) is 0 Å². The minimum Gasteiger partial charge on any atom is -0.382 e. The lowest BCUT2D eigenvalue weighted by molar-refractivity contribution is 0.0741. The number of fused-ring (bicyclic) bond motifs is 1. The Balaban J connectivity index is 1.52. The number of anilines is 2. The van der Waals surface area contributed by atoms with Gasteiger partial charge in [0.25, 0.3) is 5.91 Å². The third-order valence-electron chi connectivity index (χ3n) is 4.60. The predicted octanol–water partition coefficient (Wildman–Crippen LogP) is 1.87. The zero-order valence-corrected chi connectivity index (χ0v) is 15.7. The quantitative estimate of drug-likeness (QED) is 0.763. The second-order valence-electron chi connectivity index (χ2n) is 6.39. The molecule has 2 aliphatic rings. The number of likely N-dealkylation sites (tertiary alicyclic amines) is 1. The standard InChI is InChI=1S/C16H18ClN7OS/c1-8-6-9(7-24(8)15(25)11-13(18)20-4-3-19-11)21-14-12-10(2-5-26-12)22-16(17)23-14/h3-4,8-9H,2,5-7H2,1H3,(H2,18,20)(H,21,22,23). The summed E-state index contributed by atoms with van der Waals surface area (Å²) in [5.74, 6) is 1.69. The van der Waals surface area contributed by atoms with Crippen molar-refractivity contribution in [3.63, 3.8) is 0 Å². The second kappa shape index (κ2) is 6.88. The zero-order chi connectivity index (χ0) is 18.3. The van der Waals surface area contributed by atoms with Gasteiger partial charge in [-0.05, 0) is 24.9 Å². The molecule has 1 amide bonds. The molecule has 1 fully saturated rings. The number of aromatic nitrogens is 4. The summed E-state index contributed by atoms with van der Waals surface area (Å²) in [5, 5.41) is 3.70. The Bertz CT molecular complexity index is 864. The fourth-order valence-corrected chi connectivity index (χ4v) is 4.64. The SMILES string of the molecule is CC1CC(Nc2nc(Cl)nc3c2SCC3)CN1C(=O)c1nccnc1N. The van der Waals surface area contributed by atoms with Gasteiger partial charge in [-0.25, -0.2) is 15.0 Å². The van der Waals surface area contributed by atoms with E-state index in [1.165, 1.54) is 12.4 Å². The molecule has 2 atom stereocenters. The highest BCUT2D eigenvalue weighted by molar-refractivity contribution is 7.99. The molecule has 4 heterocycles. The van der Waals surface area contributed by atoms with Gasteiger partial charge in [0.1, 0.15) is 5.82 Å². The molecule has 0 spiro atoms. The minimum absolute atomic E-state index is 0.0550. The third-order valence-corrected chi connectivity index (χ3v) is 5.89. The number of aryl methyl sites for hydroxylation is 1. The van der Waals surface area contributed by atoms with Crippen LogP contribution in [-0.4, -0.2) is 55.1 Å². The number of carbonyl (C=O) groups excluding carboxylic acids is 1. The maximum absolute atomic E-state index is 12.8. The maximum atomic E-state index is 12.8. The molecule has 0 aromatic carbocycles. The summed E-state index contributed by atoms with van der Waals surface area (Å²) >= 11 is 7.79. The number of halogens is 1. The van der Waals surface area contributed by atoms with E-state index in [9.17, 15) is 4.79 Å².